The molecule has 0 bridgehead atoms. The van der Waals surface area contributed by atoms with Crippen LogP contribution in [0.15, 0.2) is 36.7 Å². The number of anilines is 1. The minimum atomic E-state index is -0.378. The molecule has 1 aromatic heterocycles. The summed E-state index contributed by atoms with van der Waals surface area (Å²) in [6, 6.07) is 6.81. The lowest BCUT2D eigenvalue weighted by molar-refractivity contribution is -0.118. The van der Waals surface area contributed by atoms with Gasteiger partial charge in [-0.15, -0.1) is 5.10 Å². The van der Waals surface area contributed by atoms with Gasteiger partial charge in [-0.2, -0.15) is 5.10 Å². The first-order valence-corrected chi connectivity index (χ1v) is 6.02. The van der Waals surface area contributed by atoms with Crippen molar-refractivity contribution in [2.24, 2.45) is 5.73 Å². The predicted octanol–water partition coefficient (Wildman–Crippen LogP) is 0.523. The Hall–Kier alpha value is -2.61. The second-order valence-corrected chi connectivity index (χ2v) is 4.13. The van der Waals surface area contributed by atoms with Crippen LogP contribution in [0.4, 0.5) is 5.95 Å². The maximum atomic E-state index is 11.6. The molecule has 0 aliphatic heterocycles. The van der Waals surface area contributed by atoms with Gasteiger partial charge in [0.2, 0.25) is 5.95 Å². The van der Waals surface area contributed by atoms with Crippen molar-refractivity contribution in [2.45, 2.75) is 0 Å². The van der Waals surface area contributed by atoms with Crippen LogP contribution in [-0.2, 0) is 4.79 Å². The number of hydrogen-bond acceptors (Lipinski definition) is 6. The van der Waals surface area contributed by atoms with Gasteiger partial charge in [0.05, 0.1) is 12.4 Å². The summed E-state index contributed by atoms with van der Waals surface area (Å²) in [7, 11) is 0. The molecule has 8 heteroatoms. The van der Waals surface area contributed by atoms with Crippen LogP contribution in [0, 0.1) is 0 Å². The molecular weight excluding hydrogens is 278 g/mol. The average molecular weight is 289 g/mol. The number of carbonyl (C=O) groups excluding carboxylic acids is 1. The van der Waals surface area contributed by atoms with E-state index in [4.69, 9.17) is 22.7 Å². The molecule has 0 aliphatic rings. The Labute approximate surface area is 120 Å². The number of benzene rings is 1. The van der Waals surface area contributed by atoms with Gasteiger partial charge in [0.1, 0.15) is 10.7 Å². The Balaban J connectivity index is 1.85. The highest BCUT2D eigenvalue weighted by atomic mass is 32.1. The van der Waals surface area contributed by atoms with Crippen molar-refractivity contribution < 1.29 is 9.53 Å². The topological polar surface area (TPSA) is 103 Å². The van der Waals surface area contributed by atoms with Gasteiger partial charge < -0.3 is 10.5 Å². The van der Waals surface area contributed by atoms with E-state index < -0.39 is 0 Å². The van der Waals surface area contributed by atoms with Crippen LogP contribution in [0.5, 0.6) is 5.75 Å². The lowest BCUT2D eigenvalue weighted by Gasteiger charge is -2.06. The highest BCUT2D eigenvalue weighted by Gasteiger charge is 2.05. The van der Waals surface area contributed by atoms with Gasteiger partial charge >= 0.3 is 0 Å². The molecule has 3 N–H and O–H groups in total. The predicted molar refractivity (Wildman–Crippen MR) is 76.3 cm³/mol. The van der Waals surface area contributed by atoms with E-state index in [9.17, 15) is 4.79 Å². The molecule has 0 saturated heterocycles. The van der Waals surface area contributed by atoms with Gasteiger partial charge in [-0.25, -0.2) is 4.98 Å². The van der Waals surface area contributed by atoms with Gasteiger partial charge in [-0.1, -0.05) is 12.2 Å². The van der Waals surface area contributed by atoms with Crippen LogP contribution < -0.4 is 15.8 Å². The van der Waals surface area contributed by atoms with Gasteiger partial charge in [0.25, 0.3) is 5.91 Å². The van der Waals surface area contributed by atoms with Crippen molar-refractivity contribution in [1.82, 2.24) is 15.2 Å². The number of rotatable bonds is 5. The van der Waals surface area contributed by atoms with Crippen LogP contribution in [-0.4, -0.2) is 32.7 Å². The summed E-state index contributed by atoms with van der Waals surface area (Å²) in [5, 5.41) is 9.67. The fraction of sp³-hybridized carbons (Fsp3) is 0.0833. The maximum Gasteiger partial charge on any atom is 0.264 e. The molecule has 0 unspecified atom stereocenters. The van der Waals surface area contributed by atoms with E-state index in [1.54, 1.807) is 24.3 Å². The number of carbonyl (C=O) groups is 1. The number of aromatic nitrogens is 3. The molecule has 0 radical (unpaired) electrons. The maximum absolute atomic E-state index is 11.6. The summed E-state index contributed by atoms with van der Waals surface area (Å²) in [6.45, 7) is -0.162. The van der Waals surface area contributed by atoms with Crippen molar-refractivity contribution in [3.05, 3.63) is 42.2 Å². The lowest BCUT2D eigenvalue weighted by Crippen LogP contribution is -2.21. The molecule has 7 nitrogen and oxygen atoms in total. The molecular formula is C12H11N5O2S. The van der Waals surface area contributed by atoms with Crippen molar-refractivity contribution >= 4 is 29.1 Å². The van der Waals surface area contributed by atoms with Gasteiger partial charge in [-0.3, -0.25) is 10.1 Å². The van der Waals surface area contributed by atoms with Crippen molar-refractivity contribution in [1.29, 1.82) is 0 Å². The van der Waals surface area contributed by atoms with E-state index in [1.165, 1.54) is 12.4 Å². The second kappa shape index (κ2) is 6.53. The smallest absolute Gasteiger partial charge is 0.264 e. The first kappa shape index (κ1) is 13.8. The number of ether oxygens (including phenoxy) is 1. The van der Waals surface area contributed by atoms with Crippen LogP contribution in [0.3, 0.4) is 0 Å². The number of nitrogens with zero attached hydrogens (tertiary/aromatic N) is 3. The number of amides is 1. The third-order valence-electron chi connectivity index (χ3n) is 2.24. The fourth-order valence-corrected chi connectivity index (χ4v) is 1.47. The van der Waals surface area contributed by atoms with Gasteiger partial charge in [0.15, 0.2) is 6.61 Å². The average Bonchev–Trinajstić information content (AvgIpc) is 2.46. The zero-order valence-electron chi connectivity index (χ0n) is 10.3. The number of nitrogens with two attached hydrogens (primary N) is 1. The Morgan fingerprint density at radius 3 is 2.65 bits per heavy atom. The summed E-state index contributed by atoms with van der Waals surface area (Å²) in [5.41, 5.74) is 6.22. The Bertz CT molecular complexity index is 603. The minimum absolute atomic E-state index is 0.130. The SMILES string of the molecule is NC(=S)c1ccc(OCC(=O)Nc2nccnn2)cc1. The number of nitrogens with one attached hydrogen (secondary N) is 1. The molecule has 0 atom stereocenters. The Morgan fingerprint density at radius 2 is 2.05 bits per heavy atom. The molecule has 0 saturated carbocycles. The van der Waals surface area contributed by atoms with Crippen LogP contribution in [0.2, 0.25) is 0 Å². The Morgan fingerprint density at radius 1 is 1.30 bits per heavy atom. The normalized spacial score (nSPS) is 9.80. The molecule has 1 amide bonds. The highest BCUT2D eigenvalue weighted by molar-refractivity contribution is 7.80. The van der Waals surface area contributed by atoms with E-state index in [-0.39, 0.29) is 18.5 Å². The third kappa shape index (κ3) is 3.95. The van der Waals surface area contributed by atoms with E-state index in [2.05, 4.69) is 20.5 Å². The molecule has 0 fully saturated rings. The summed E-state index contributed by atoms with van der Waals surface area (Å²) in [6.07, 6.45) is 2.84. The molecule has 1 aromatic carbocycles. The molecule has 0 spiro atoms. The first-order chi connectivity index (χ1) is 9.65. The molecule has 0 aliphatic carbocycles. The summed E-state index contributed by atoms with van der Waals surface area (Å²) in [4.78, 5) is 15.7. The van der Waals surface area contributed by atoms with Crippen molar-refractivity contribution in [2.75, 3.05) is 11.9 Å². The minimum Gasteiger partial charge on any atom is -0.484 e. The number of hydrogen-bond donors (Lipinski definition) is 2. The van der Waals surface area contributed by atoms with Crippen LogP contribution in [0.25, 0.3) is 0 Å². The largest absolute Gasteiger partial charge is 0.484 e. The number of thiocarbonyl (C=S) groups is 1. The Kier molecular flexibility index (Phi) is 4.51. The molecule has 20 heavy (non-hydrogen) atoms. The highest BCUT2D eigenvalue weighted by Crippen LogP contribution is 2.12. The van der Waals surface area contributed by atoms with Crippen molar-refractivity contribution in [3.63, 3.8) is 0 Å². The van der Waals surface area contributed by atoms with E-state index >= 15 is 0 Å². The quantitative estimate of drug-likeness (QED) is 0.773. The standard InChI is InChI=1S/C12H11N5O2S/c13-11(20)8-1-3-9(4-2-8)19-7-10(18)16-12-14-5-6-15-17-12/h1-6H,7H2,(H2,13,20)(H,14,16,17,18). The summed E-state index contributed by atoms with van der Waals surface area (Å²) >= 11 is 4.84. The zero-order valence-corrected chi connectivity index (χ0v) is 11.1. The third-order valence-corrected chi connectivity index (χ3v) is 2.48. The second-order valence-electron chi connectivity index (χ2n) is 3.69. The molecule has 2 rings (SSSR count). The summed E-state index contributed by atoms with van der Waals surface area (Å²) in [5.74, 6) is 0.286. The fourth-order valence-electron chi connectivity index (χ4n) is 1.33. The van der Waals surface area contributed by atoms with Crippen molar-refractivity contribution in [3.8, 4) is 5.75 Å². The van der Waals surface area contributed by atoms with Crippen LogP contribution >= 0.6 is 12.2 Å². The van der Waals surface area contributed by atoms with E-state index in [0.717, 1.165) is 5.56 Å². The van der Waals surface area contributed by atoms with Gasteiger partial charge in [0, 0.05) is 5.56 Å². The zero-order chi connectivity index (χ0) is 14.4. The summed E-state index contributed by atoms with van der Waals surface area (Å²) < 4.78 is 5.30. The van der Waals surface area contributed by atoms with Gasteiger partial charge in [-0.05, 0) is 24.3 Å². The first-order valence-electron chi connectivity index (χ1n) is 5.61. The van der Waals surface area contributed by atoms with Crippen LogP contribution in [0.1, 0.15) is 5.56 Å². The molecule has 1 heterocycles. The molecule has 2 aromatic rings. The lowest BCUT2D eigenvalue weighted by atomic mass is 10.2. The van der Waals surface area contributed by atoms with E-state index in [0.29, 0.717) is 10.7 Å². The van der Waals surface area contributed by atoms with E-state index in [1.807, 2.05) is 0 Å². The molecule has 102 valence electrons. The monoisotopic (exact) mass is 289 g/mol.